The van der Waals surface area contributed by atoms with Gasteiger partial charge in [0.1, 0.15) is 0 Å². The first-order valence-corrected chi connectivity index (χ1v) is 6.57. The van der Waals surface area contributed by atoms with Gasteiger partial charge >= 0.3 is 0 Å². The molecule has 0 aliphatic carbocycles. The summed E-state index contributed by atoms with van der Waals surface area (Å²) in [4.78, 5) is 0. The maximum Gasteiger partial charge on any atom is 0.0210 e. The third-order valence-corrected chi connectivity index (χ3v) is 2.74. The lowest BCUT2D eigenvalue weighted by molar-refractivity contribution is 0.159. The van der Waals surface area contributed by atoms with Crippen LogP contribution < -0.4 is 5.48 Å². The monoisotopic (exact) mass is 225 g/mol. The third kappa shape index (κ3) is 11.5. The van der Waals surface area contributed by atoms with Gasteiger partial charge < -0.3 is 5.21 Å². The Morgan fingerprint density at radius 2 is 1.94 bits per heavy atom. The van der Waals surface area contributed by atoms with Crippen LogP contribution in [0.4, 0.5) is 0 Å². The van der Waals surface area contributed by atoms with Crippen LogP contribution in [0.1, 0.15) is 58.8 Å². The second kappa shape index (κ2) is 12.5. The molecule has 2 nitrogen and oxygen atoms in total. The van der Waals surface area contributed by atoms with Gasteiger partial charge in [-0.2, -0.15) is 0 Å². The molecule has 0 fully saturated rings. The molecular weight excluding hydrogens is 198 g/mol. The highest BCUT2D eigenvalue weighted by atomic mass is 16.5. The molecule has 0 rings (SSSR count). The van der Waals surface area contributed by atoms with Gasteiger partial charge in [-0.05, 0) is 50.2 Å². The van der Waals surface area contributed by atoms with E-state index in [0.717, 1.165) is 19.3 Å². The Kier molecular flexibility index (Phi) is 12.1. The van der Waals surface area contributed by atoms with E-state index in [-0.39, 0.29) is 0 Å². The van der Waals surface area contributed by atoms with Crippen LogP contribution in [0, 0.1) is 5.92 Å². The summed E-state index contributed by atoms with van der Waals surface area (Å²) in [6.45, 7) is 5.13. The lowest BCUT2D eigenvalue weighted by atomic mass is 10.0. The number of allylic oxidation sites excluding steroid dienone is 1. The predicted molar refractivity (Wildman–Crippen MR) is 69.6 cm³/mol. The van der Waals surface area contributed by atoms with Crippen molar-refractivity contribution in [2.75, 3.05) is 6.54 Å². The normalized spacial score (nSPS) is 11.9. The fourth-order valence-electron chi connectivity index (χ4n) is 1.57. The van der Waals surface area contributed by atoms with Crippen molar-refractivity contribution in [2.45, 2.75) is 58.8 Å². The van der Waals surface area contributed by atoms with Crippen molar-refractivity contribution in [1.82, 2.24) is 5.48 Å². The first kappa shape index (κ1) is 15.4. The number of hydrogen-bond donors (Lipinski definition) is 2. The molecule has 0 aromatic rings. The zero-order valence-corrected chi connectivity index (χ0v) is 10.8. The summed E-state index contributed by atoms with van der Waals surface area (Å²) >= 11 is 0. The molecule has 0 saturated heterocycles. The molecule has 0 aromatic heterocycles. The molecule has 0 amide bonds. The molecule has 0 bridgehead atoms. The SMILES string of the molecule is CCCCCC=C=CCCC(C)CCNO. The zero-order chi connectivity index (χ0) is 12.1. The van der Waals surface area contributed by atoms with Crippen molar-refractivity contribution in [2.24, 2.45) is 5.92 Å². The number of hydrogen-bond acceptors (Lipinski definition) is 2. The number of hydroxylamine groups is 1. The molecule has 0 aliphatic rings. The highest BCUT2D eigenvalue weighted by Crippen LogP contribution is 2.09. The van der Waals surface area contributed by atoms with Crippen LogP contribution in [0.5, 0.6) is 0 Å². The van der Waals surface area contributed by atoms with E-state index >= 15 is 0 Å². The van der Waals surface area contributed by atoms with Crippen molar-refractivity contribution in [3.8, 4) is 0 Å². The minimum Gasteiger partial charge on any atom is -0.317 e. The van der Waals surface area contributed by atoms with Crippen molar-refractivity contribution < 1.29 is 5.21 Å². The van der Waals surface area contributed by atoms with Crippen LogP contribution in [0.2, 0.25) is 0 Å². The first-order chi connectivity index (χ1) is 7.81. The Labute approximate surface area is 100 Å². The second-order valence-electron chi connectivity index (χ2n) is 4.45. The van der Waals surface area contributed by atoms with E-state index < -0.39 is 0 Å². The summed E-state index contributed by atoms with van der Waals surface area (Å²) in [5, 5.41) is 8.45. The van der Waals surface area contributed by atoms with Gasteiger partial charge in [0.15, 0.2) is 0 Å². The standard InChI is InChI=1S/C14H27NO/c1-3-4-5-6-7-8-9-10-11-14(2)12-13-15-16/h7,9,14-16H,3-6,10-13H2,1-2H3. The predicted octanol–water partition coefficient (Wildman–Crippen LogP) is 4.06. The summed E-state index contributed by atoms with van der Waals surface area (Å²) in [5.41, 5.74) is 5.44. The topological polar surface area (TPSA) is 32.3 Å². The van der Waals surface area contributed by atoms with Gasteiger partial charge in [0.2, 0.25) is 0 Å². The van der Waals surface area contributed by atoms with Crippen LogP contribution >= 0.6 is 0 Å². The fraction of sp³-hybridized carbons (Fsp3) is 0.786. The molecule has 0 heterocycles. The molecule has 0 spiro atoms. The zero-order valence-electron chi connectivity index (χ0n) is 10.8. The van der Waals surface area contributed by atoms with Crippen LogP contribution in [-0.2, 0) is 0 Å². The highest BCUT2D eigenvalue weighted by molar-refractivity contribution is 4.84. The molecule has 0 aromatic carbocycles. The van der Waals surface area contributed by atoms with E-state index in [9.17, 15) is 0 Å². The van der Waals surface area contributed by atoms with Crippen LogP contribution in [0.3, 0.4) is 0 Å². The number of rotatable bonds is 10. The van der Waals surface area contributed by atoms with E-state index in [0.29, 0.717) is 12.5 Å². The summed E-state index contributed by atoms with van der Waals surface area (Å²) in [5.74, 6) is 0.665. The molecule has 2 N–H and O–H groups in total. The second-order valence-corrected chi connectivity index (χ2v) is 4.45. The molecule has 0 radical (unpaired) electrons. The molecular formula is C14H27NO. The molecule has 1 unspecified atom stereocenters. The fourth-order valence-corrected chi connectivity index (χ4v) is 1.57. The summed E-state index contributed by atoms with van der Waals surface area (Å²) in [6.07, 6.45) is 12.6. The Bertz CT molecular complexity index is 195. The first-order valence-electron chi connectivity index (χ1n) is 6.57. The van der Waals surface area contributed by atoms with Crippen LogP contribution in [-0.4, -0.2) is 11.8 Å². The number of unbranched alkanes of at least 4 members (excludes halogenated alkanes) is 3. The van der Waals surface area contributed by atoms with E-state index in [2.05, 4.69) is 37.2 Å². The molecule has 16 heavy (non-hydrogen) atoms. The quantitative estimate of drug-likeness (QED) is 0.334. The molecule has 0 saturated carbocycles. The summed E-state index contributed by atoms with van der Waals surface area (Å²) < 4.78 is 0. The average molecular weight is 225 g/mol. The summed E-state index contributed by atoms with van der Waals surface area (Å²) in [7, 11) is 0. The van der Waals surface area contributed by atoms with E-state index in [1.807, 2.05) is 0 Å². The van der Waals surface area contributed by atoms with Gasteiger partial charge in [-0.1, -0.05) is 26.7 Å². The van der Waals surface area contributed by atoms with Gasteiger partial charge in [0, 0.05) is 6.54 Å². The maximum absolute atomic E-state index is 8.45. The molecule has 1 atom stereocenters. The lowest BCUT2D eigenvalue weighted by Gasteiger charge is -2.07. The van der Waals surface area contributed by atoms with Gasteiger partial charge in [0.25, 0.3) is 0 Å². The van der Waals surface area contributed by atoms with Gasteiger partial charge in [-0.3, -0.25) is 0 Å². The summed E-state index contributed by atoms with van der Waals surface area (Å²) in [6, 6.07) is 0. The van der Waals surface area contributed by atoms with Crippen molar-refractivity contribution >= 4 is 0 Å². The Balaban J connectivity index is 3.37. The van der Waals surface area contributed by atoms with E-state index in [1.54, 1.807) is 0 Å². The molecule has 94 valence electrons. The largest absolute Gasteiger partial charge is 0.317 e. The van der Waals surface area contributed by atoms with Crippen molar-refractivity contribution in [3.63, 3.8) is 0 Å². The third-order valence-electron chi connectivity index (χ3n) is 2.74. The molecule has 2 heteroatoms. The smallest absolute Gasteiger partial charge is 0.0210 e. The Hall–Kier alpha value is -0.560. The van der Waals surface area contributed by atoms with Gasteiger partial charge in [0.05, 0.1) is 0 Å². The van der Waals surface area contributed by atoms with Crippen molar-refractivity contribution in [1.29, 1.82) is 0 Å². The Morgan fingerprint density at radius 3 is 2.62 bits per heavy atom. The van der Waals surface area contributed by atoms with Gasteiger partial charge in [-0.25, -0.2) is 5.48 Å². The minimum atomic E-state index is 0.665. The van der Waals surface area contributed by atoms with Crippen LogP contribution in [0.15, 0.2) is 17.9 Å². The van der Waals surface area contributed by atoms with Crippen LogP contribution in [0.25, 0.3) is 0 Å². The maximum atomic E-state index is 8.45. The lowest BCUT2D eigenvalue weighted by Crippen LogP contribution is -2.12. The van der Waals surface area contributed by atoms with Gasteiger partial charge in [-0.15, -0.1) is 5.73 Å². The van der Waals surface area contributed by atoms with E-state index in [1.165, 1.54) is 25.7 Å². The Morgan fingerprint density at radius 1 is 1.19 bits per heavy atom. The molecule has 0 aliphatic heterocycles. The minimum absolute atomic E-state index is 0.665. The van der Waals surface area contributed by atoms with E-state index in [4.69, 9.17) is 5.21 Å². The highest BCUT2D eigenvalue weighted by Gasteiger charge is 1.98. The van der Waals surface area contributed by atoms with Crippen molar-refractivity contribution in [3.05, 3.63) is 17.9 Å². The average Bonchev–Trinajstić information content (AvgIpc) is 2.30. The number of nitrogens with one attached hydrogen (secondary N) is 1.